The third-order valence-electron chi connectivity index (χ3n) is 7.51. The number of pyridine rings is 1. The van der Waals surface area contributed by atoms with Crippen LogP contribution in [0.1, 0.15) is 22.3 Å². The molecule has 8 aromatic rings. The summed E-state index contributed by atoms with van der Waals surface area (Å²) in [7, 11) is 0. The van der Waals surface area contributed by atoms with Crippen LogP contribution < -0.4 is 14.2 Å². The predicted octanol–water partition coefficient (Wildman–Crippen LogP) is 7.04. The molecule has 0 aliphatic rings. The molecule has 8 heteroatoms. The molecule has 50 heavy (non-hydrogen) atoms. The Morgan fingerprint density at radius 3 is 1.56 bits per heavy atom. The second-order valence-electron chi connectivity index (χ2n) is 11.6. The van der Waals surface area contributed by atoms with Gasteiger partial charge in [-0.15, -0.1) is 0 Å². The number of aryl methyl sites for hydroxylation is 4. The first-order valence-electron chi connectivity index (χ1n) is 15.9. The number of aromatic nitrogens is 7. The number of benzene rings is 4. The van der Waals surface area contributed by atoms with Crippen molar-refractivity contribution >= 4 is 0 Å². The average Bonchev–Trinajstić information content (AvgIpc) is 3.93. The number of imidazole rings is 2. The number of hydrogen-bond donors (Lipinski definition) is 0. The topological polar surface area (TPSA) is 57.5 Å². The Morgan fingerprint density at radius 2 is 1.12 bits per heavy atom. The van der Waals surface area contributed by atoms with Gasteiger partial charge >= 0.3 is 0 Å². The van der Waals surface area contributed by atoms with Gasteiger partial charge in [-0.25, -0.2) is 0 Å². The predicted molar refractivity (Wildman–Crippen MR) is 190 cm³/mol. The van der Waals surface area contributed by atoms with Crippen LogP contribution in [0.15, 0.2) is 146 Å². The summed E-state index contributed by atoms with van der Waals surface area (Å²) >= 11 is 0. The van der Waals surface area contributed by atoms with E-state index < -0.39 is 0 Å². The summed E-state index contributed by atoms with van der Waals surface area (Å²) in [5.41, 5.74) is 10.9. The van der Waals surface area contributed by atoms with Gasteiger partial charge in [-0.3, -0.25) is 14.1 Å². The Morgan fingerprint density at radius 1 is 0.580 bits per heavy atom. The number of nitrogens with zero attached hydrogens (tertiary/aromatic N) is 7. The van der Waals surface area contributed by atoms with E-state index in [9.17, 15) is 0 Å². The van der Waals surface area contributed by atoms with Gasteiger partial charge < -0.3 is 19.3 Å². The molecule has 0 aliphatic heterocycles. The first-order chi connectivity index (χ1) is 23.9. The van der Waals surface area contributed by atoms with Gasteiger partial charge in [0.1, 0.15) is 0 Å². The molecule has 0 unspecified atom stereocenters. The second kappa shape index (κ2) is 17.1. The zero-order chi connectivity index (χ0) is 34.0. The summed E-state index contributed by atoms with van der Waals surface area (Å²) in [6.45, 7) is 8.34. The SMILES string of the molecule is Cc1cc[c-]c(-n2[c-][n+](-c3cccc(C)c3)cc2)c1.Cc1cc[c-]c(-n2[c-][n+](-c3cccc(C)c3)cc2)c1.[Ir].c1ccc(-c2ccn[n-]2)nc1. The van der Waals surface area contributed by atoms with Crippen LogP contribution in [0.5, 0.6) is 0 Å². The Labute approximate surface area is 307 Å². The van der Waals surface area contributed by atoms with Crippen LogP contribution in [-0.4, -0.2) is 19.2 Å². The Hall–Kier alpha value is -5.69. The van der Waals surface area contributed by atoms with Crippen molar-refractivity contribution in [3.8, 4) is 34.1 Å². The fourth-order valence-corrected chi connectivity index (χ4v) is 5.03. The van der Waals surface area contributed by atoms with E-state index in [-0.39, 0.29) is 20.1 Å². The van der Waals surface area contributed by atoms with E-state index in [0.717, 1.165) is 34.1 Å². The summed E-state index contributed by atoms with van der Waals surface area (Å²) in [6.07, 6.45) is 18.0. The number of hydrogen-bond acceptors (Lipinski definition) is 2. The second-order valence-corrected chi connectivity index (χ2v) is 11.6. The molecule has 0 atom stereocenters. The summed E-state index contributed by atoms with van der Waals surface area (Å²) in [5, 5.41) is 7.58. The maximum absolute atomic E-state index is 4.12. The van der Waals surface area contributed by atoms with Gasteiger partial charge in [0.05, 0.1) is 11.4 Å². The van der Waals surface area contributed by atoms with Crippen LogP contribution in [0.25, 0.3) is 34.1 Å². The average molecular weight is 831 g/mol. The van der Waals surface area contributed by atoms with E-state index in [2.05, 4.69) is 128 Å². The molecule has 0 bridgehead atoms. The smallest absolute Gasteiger partial charge is 0.267 e. The molecule has 251 valence electrons. The summed E-state index contributed by atoms with van der Waals surface area (Å²) in [5.74, 6) is 0. The first-order valence-corrected chi connectivity index (χ1v) is 15.9. The van der Waals surface area contributed by atoms with Crippen molar-refractivity contribution in [2.45, 2.75) is 27.7 Å². The van der Waals surface area contributed by atoms with Crippen LogP contribution in [0.4, 0.5) is 0 Å². The molecule has 4 heterocycles. The Bertz CT molecular complexity index is 1990. The maximum Gasteiger partial charge on any atom is 0.267 e. The van der Waals surface area contributed by atoms with Crippen LogP contribution in [-0.2, 0) is 20.1 Å². The molecule has 0 spiro atoms. The third kappa shape index (κ3) is 9.47. The van der Waals surface area contributed by atoms with Crippen molar-refractivity contribution in [3.05, 3.63) is 193 Å². The minimum atomic E-state index is 0. The largest absolute Gasteiger partial charge is 0.574 e. The Kier molecular flexibility index (Phi) is 12.2. The van der Waals surface area contributed by atoms with Crippen molar-refractivity contribution in [2.24, 2.45) is 0 Å². The zero-order valence-electron chi connectivity index (χ0n) is 28.3. The summed E-state index contributed by atoms with van der Waals surface area (Å²) in [6, 6.07) is 42.9. The van der Waals surface area contributed by atoms with Crippen LogP contribution in [0, 0.1) is 52.5 Å². The summed E-state index contributed by atoms with van der Waals surface area (Å²) < 4.78 is 7.89. The van der Waals surface area contributed by atoms with Crippen LogP contribution in [0.2, 0.25) is 0 Å². The van der Waals surface area contributed by atoms with Gasteiger partial charge in [-0.1, -0.05) is 67.1 Å². The van der Waals surface area contributed by atoms with Crippen LogP contribution in [0.3, 0.4) is 0 Å². The molecular formula is C42H36IrN7-3. The molecule has 1 radical (unpaired) electrons. The molecule has 4 aromatic carbocycles. The molecule has 0 N–H and O–H groups in total. The van der Waals surface area contributed by atoms with E-state index >= 15 is 0 Å². The quantitative estimate of drug-likeness (QED) is 0.138. The van der Waals surface area contributed by atoms with Gasteiger partial charge in [0.15, 0.2) is 0 Å². The van der Waals surface area contributed by atoms with Crippen molar-refractivity contribution < 1.29 is 29.2 Å². The molecule has 0 amide bonds. The molecule has 4 aromatic heterocycles. The third-order valence-corrected chi connectivity index (χ3v) is 7.51. The summed E-state index contributed by atoms with van der Waals surface area (Å²) in [4.78, 5) is 4.12. The minimum Gasteiger partial charge on any atom is -0.574 e. The Balaban J connectivity index is 0.000000150. The molecular weight excluding hydrogens is 795 g/mol. The van der Waals surface area contributed by atoms with Crippen molar-refractivity contribution in [1.29, 1.82) is 0 Å². The maximum atomic E-state index is 4.12. The first kappa shape index (κ1) is 35.6. The van der Waals surface area contributed by atoms with Gasteiger partial charge in [0.25, 0.3) is 12.7 Å². The molecule has 0 saturated carbocycles. The minimum absolute atomic E-state index is 0. The van der Waals surface area contributed by atoms with Crippen molar-refractivity contribution in [1.82, 2.24) is 24.3 Å². The normalized spacial score (nSPS) is 10.2. The van der Waals surface area contributed by atoms with E-state index in [1.54, 1.807) is 12.4 Å². The molecule has 7 nitrogen and oxygen atoms in total. The fourth-order valence-electron chi connectivity index (χ4n) is 5.03. The van der Waals surface area contributed by atoms with E-state index in [0.29, 0.717) is 0 Å². The molecule has 0 fully saturated rings. The zero-order valence-corrected chi connectivity index (χ0v) is 30.7. The number of rotatable bonds is 5. The monoisotopic (exact) mass is 831 g/mol. The van der Waals surface area contributed by atoms with E-state index in [4.69, 9.17) is 0 Å². The van der Waals surface area contributed by atoms with E-state index in [1.165, 1.54) is 22.3 Å². The van der Waals surface area contributed by atoms with Crippen molar-refractivity contribution in [2.75, 3.05) is 0 Å². The molecule has 0 aliphatic carbocycles. The van der Waals surface area contributed by atoms with E-state index in [1.807, 2.05) is 91.6 Å². The van der Waals surface area contributed by atoms with Crippen molar-refractivity contribution in [3.63, 3.8) is 0 Å². The molecule has 8 rings (SSSR count). The molecule has 0 saturated heterocycles. The fraction of sp³-hybridized carbons (Fsp3) is 0.0952. The van der Waals surface area contributed by atoms with Gasteiger partial charge in [0.2, 0.25) is 0 Å². The van der Waals surface area contributed by atoms with Crippen LogP contribution >= 0.6 is 0 Å². The van der Waals surface area contributed by atoms with Gasteiger partial charge in [-0.2, -0.15) is 59.7 Å². The van der Waals surface area contributed by atoms with Gasteiger partial charge in [-0.05, 0) is 61.6 Å². The van der Waals surface area contributed by atoms with Gasteiger partial charge in [0, 0.05) is 63.0 Å². The standard InChI is InChI=1S/2C17H15N2.C8H6N3.Ir/c2*1-14-5-3-7-16(11-14)18-9-10-19(13-18)17-8-4-6-15(2)12-17;1-2-5-9-7(3-1)8-4-6-10-11-8;/h2*3-7,9-12H,1-2H3;1-6H;/q3*-1;.